The smallest absolute Gasteiger partial charge is 0.321 e. The molecule has 0 radical (unpaired) electrons. The van der Waals surface area contributed by atoms with Crippen LogP contribution in [-0.4, -0.2) is 30.6 Å². The third-order valence-electron chi connectivity index (χ3n) is 3.57. The van der Waals surface area contributed by atoms with E-state index in [0.717, 1.165) is 32.4 Å². The average molecular weight is 302 g/mol. The van der Waals surface area contributed by atoms with Gasteiger partial charge < -0.3 is 16.0 Å². The zero-order valence-corrected chi connectivity index (χ0v) is 12.2. The summed E-state index contributed by atoms with van der Waals surface area (Å²) in [6.45, 7) is 2.24. The van der Waals surface area contributed by atoms with Gasteiger partial charge in [-0.2, -0.15) is 0 Å². The minimum atomic E-state index is -0.305. The summed E-state index contributed by atoms with van der Waals surface area (Å²) >= 11 is 0. The van der Waals surface area contributed by atoms with E-state index in [2.05, 4.69) is 5.32 Å². The first kappa shape index (κ1) is 16.7. The van der Waals surface area contributed by atoms with Gasteiger partial charge in [-0.25, -0.2) is 9.18 Å². The molecule has 0 bridgehead atoms. The number of rotatable bonds is 3. The zero-order chi connectivity index (χ0) is 13.7. The van der Waals surface area contributed by atoms with Gasteiger partial charge in [0.25, 0.3) is 0 Å². The molecule has 4 nitrogen and oxygen atoms in total. The van der Waals surface area contributed by atoms with E-state index in [1.165, 1.54) is 12.1 Å². The number of likely N-dealkylation sites (tertiary alicyclic amines) is 1. The first-order chi connectivity index (χ1) is 9.19. The monoisotopic (exact) mass is 301 g/mol. The second-order valence-corrected chi connectivity index (χ2v) is 4.94. The van der Waals surface area contributed by atoms with Crippen molar-refractivity contribution in [2.45, 2.75) is 19.3 Å². The van der Waals surface area contributed by atoms with E-state index in [-0.39, 0.29) is 24.3 Å². The summed E-state index contributed by atoms with van der Waals surface area (Å²) in [4.78, 5) is 13.8. The number of carbonyl (C=O) groups excluding carboxylic acids is 1. The fraction of sp³-hybridized carbons (Fsp3) is 0.500. The largest absolute Gasteiger partial charge is 0.330 e. The van der Waals surface area contributed by atoms with Gasteiger partial charge in [0.1, 0.15) is 5.82 Å². The molecule has 0 atom stereocenters. The van der Waals surface area contributed by atoms with Crippen LogP contribution in [0.4, 0.5) is 14.9 Å². The van der Waals surface area contributed by atoms with Crippen molar-refractivity contribution >= 4 is 24.1 Å². The van der Waals surface area contributed by atoms with Crippen molar-refractivity contribution in [3.8, 4) is 0 Å². The Bertz CT molecular complexity index is 419. The highest BCUT2D eigenvalue weighted by molar-refractivity contribution is 5.89. The third kappa shape index (κ3) is 4.65. The molecule has 0 unspecified atom stereocenters. The topological polar surface area (TPSA) is 58.4 Å². The van der Waals surface area contributed by atoms with Crippen LogP contribution in [0.5, 0.6) is 0 Å². The molecule has 1 fully saturated rings. The minimum Gasteiger partial charge on any atom is -0.330 e. The molecule has 0 aromatic heterocycles. The lowest BCUT2D eigenvalue weighted by Crippen LogP contribution is -2.41. The van der Waals surface area contributed by atoms with Gasteiger partial charge in [-0.3, -0.25) is 0 Å². The van der Waals surface area contributed by atoms with Gasteiger partial charge in [0.15, 0.2) is 0 Å². The summed E-state index contributed by atoms with van der Waals surface area (Å²) in [6.07, 6.45) is 3.05. The first-order valence-electron chi connectivity index (χ1n) is 6.70. The van der Waals surface area contributed by atoms with Crippen molar-refractivity contribution in [1.29, 1.82) is 0 Å². The van der Waals surface area contributed by atoms with Gasteiger partial charge in [0.05, 0.1) is 0 Å². The number of benzene rings is 1. The highest BCUT2D eigenvalue weighted by atomic mass is 35.5. The molecule has 2 rings (SSSR count). The number of nitrogens with two attached hydrogens (primary N) is 1. The predicted octanol–water partition coefficient (Wildman–Crippen LogP) is 2.84. The Morgan fingerprint density at radius 3 is 2.45 bits per heavy atom. The molecule has 6 heteroatoms. The average Bonchev–Trinajstić information content (AvgIpc) is 2.42. The molecule has 1 heterocycles. The maximum atomic E-state index is 12.8. The molecule has 0 spiro atoms. The van der Waals surface area contributed by atoms with Crippen molar-refractivity contribution in [3.63, 3.8) is 0 Å². The van der Waals surface area contributed by atoms with Crippen LogP contribution in [0.1, 0.15) is 19.3 Å². The molecule has 2 amide bonds. The fourth-order valence-corrected chi connectivity index (χ4v) is 2.40. The van der Waals surface area contributed by atoms with Gasteiger partial charge in [-0.1, -0.05) is 0 Å². The molecule has 0 aliphatic carbocycles. The molecule has 3 N–H and O–H groups in total. The van der Waals surface area contributed by atoms with E-state index >= 15 is 0 Å². The number of nitrogens with one attached hydrogen (secondary N) is 1. The third-order valence-corrected chi connectivity index (χ3v) is 3.57. The van der Waals surface area contributed by atoms with E-state index in [1.54, 1.807) is 17.0 Å². The highest BCUT2D eigenvalue weighted by Gasteiger charge is 2.22. The number of hydrogen-bond donors (Lipinski definition) is 2. The van der Waals surface area contributed by atoms with Crippen LogP contribution in [0.15, 0.2) is 24.3 Å². The zero-order valence-electron chi connectivity index (χ0n) is 11.3. The normalized spacial score (nSPS) is 15.6. The van der Waals surface area contributed by atoms with E-state index in [9.17, 15) is 9.18 Å². The van der Waals surface area contributed by atoms with E-state index in [0.29, 0.717) is 18.2 Å². The van der Waals surface area contributed by atoms with Gasteiger partial charge in [0.2, 0.25) is 0 Å². The van der Waals surface area contributed by atoms with Crippen molar-refractivity contribution < 1.29 is 9.18 Å². The summed E-state index contributed by atoms with van der Waals surface area (Å²) in [5, 5.41) is 2.78. The van der Waals surface area contributed by atoms with Gasteiger partial charge in [-0.05, 0) is 56.0 Å². The molecule has 1 aromatic rings. The number of carbonyl (C=O) groups is 1. The molecule has 1 aliphatic heterocycles. The minimum absolute atomic E-state index is 0. The van der Waals surface area contributed by atoms with E-state index < -0.39 is 0 Å². The molecular weight excluding hydrogens is 281 g/mol. The maximum absolute atomic E-state index is 12.8. The van der Waals surface area contributed by atoms with Gasteiger partial charge >= 0.3 is 6.03 Å². The maximum Gasteiger partial charge on any atom is 0.321 e. The van der Waals surface area contributed by atoms with Crippen molar-refractivity contribution in [2.75, 3.05) is 25.0 Å². The SMILES string of the molecule is Cl.NCCC1CCN(C(=O)Nc2ccc(F)cc2)CC1. The van der Waals surface area contributed by atoms with Crippen LogP contribution in [-0.2, 0) is 0 Å². The number of amides is 2. The molecule has 1 aromatic carbocycles. The molecular formula is C14H21ClFN3O. The summed E-state index contributed by atoms with van der Waals surface area (Å²) < 4.78 is 12.8. The van der Waals surface area contributed by atoms with Crippen molar-refractivity contribution in [1.82, 2.24) is 4.90 Å². The Morgan fingerprint density at radius 2 is 1.90 bits per heavy atom. The van der Waals surface area contributed by atoms with Crippen LogP contribution in [0, 0.1) is 11.7 Å². The first-order valence-corrected chi connectivity index (χ1v) is 6.70. The Kier molecular flexibility index (Phi) is 6.75. The number of urea groups is 1. The lowest BCUT2D eigenvalue weighted by molar-refractivity contribution is 0.180. The molecule has 20 heavy (non-hydrogen) atoms. The number of halogens is 2. The lowest BCUT2D eigenvalue weighted by atomic mass is 9.94. The van der Waals surface area contributed by atoms with Crippen LogP contribution < -0.4 is 11.1 Å². The van der Waals surface area contributed by atoms with Crippen LogP contribution >= 0.6 is 12.4 Å². The Balaban J connectivity index is 0.00000200. The number of piperidine rings is 1. The summed E-state index contributed by atoms with van der Waals surface area (Å²) in [5.41, 5.74) is 6.17. The lowest BCUT2D eigenvalue weighted by Gasteiger charge is -2.31. The van der Waals surface area contributed by atoms with Crippen molar-refractivity contribution in [3.05, 3.63) is 30.1 Å². The van der Waals surface area contributed by atoms with Crippen LogP contribution in [0.2, 0.25) is 0 Å². The molecule has 1 saturated heterocycles. The Labute approximate surface area is 124 Å². The number of anilines is 1. The van der Waals surface area contributed by atoms with Crippen LogP contribution in [0.25, 0.3) is 0 Å². The summed E-state index contributed by atoms with van der Waals surface area (Å²) in [5.74, 6) is 0.334. The van der Waals surface area contributed by atoms with Gasteiger partial charge in [-0.15, -0.1) is 12.4 Å². The van der Waals surface area contributed by atoms with Gasteiger partial charge in [0, 0.05) is 18.8 Å². The molecule has 1 aliphatic rings. The van der Waals surface area contributed by atoms with E-state index in [4.69, 9.17) is 5.73 Å². The molecule has 112 valence electrons. The second kappa shape index (κ2) is 8.07. The van der Waals surface area contributed by atoms with E-state index in [1.807, 2.05) is 0 Å². The number of hydrogen-bond acceptors (Lipinski definition) is 2. The summed E-state index contributed by atoms with van der Waals surface area (Å²) in [6, 6.07) is 5.69. The standard InChI is InChI=1S/C14H20FN3O.ClH/c15-12-1-3-13(4-2-12)17-14(19)18-9-6-11(5-8-16)7-10-18;/h1-4,11H,5-10,16H2,(H,17,19);1H. The number of nitrogens with zero attached hydrogens (tertiary/aromatic N) is 1. The summed E-state index contributed by atoms with van der Waals surface area (Å²) in [7, 11) is 0. The van der Waals surface area contributed by atoms with Crippen LogP contribution in [0.3, 0.4) is 0 Å². The quantitative estimate of drug-likeness (QED) is 0.902. The fourth-order valence-electron chi connectivity index (χ4n) is 2.40. The predicted molar refractivity (Wildman–Crippen MR) is 80.6 cm³/mol. The second-order valence-electron chi connectivity index (χ2n) is 4.94. The highest BCUT2D eigenvalue weighted by Crippen LogP contribution is 2.20. The van der Waals surface area contributed by atoms with Crippen molar-refractivity contribution in [2.24, 2.45) is 11.7 Å². The Hall–Kier alpha value is -1.33. The molecule has 0 saturated carbocycles. The Morgan fingerprint density at radius 1 is 1.30 bits per heavy atom.